The Kier molecular flexibility index (Phi) is 3.70. The van der Waals surface area contributed by atoms with Gasteiger partial charge in [0.1, 0.15) is 24.1 Å². The van der Waals surface area contributed by atoms with E-state index in [1.54, 1.807) is 17.8 Å². The van der Waals surface area contributed by atoms with E-state index < -0.39 is 24.0 Å². The second-order valence-electron chi connectivity index (χ2n) is 6.89. The molecule has 3 heterocycles. The lowest BCUT2D eigenvalue weighted by Gasteiger charge is -2.42. The second kappa shape index (κ2) is 5.65. The zero-order valence-electron chi connectivity index (χ0n) is 13.7. The number of aromatic nitrogens is 4. The molecule has 0 radical (unpaired) electrons. The molecule has 1 aliphatic carbocycles. The predicted molar refractivity (Wildman–Crippen MR) is 86.8 cm³/mol. The van der Waals surface area contributed by atoms with Gasteiger partial charge in [0.15, 0.2) is 17.2 Å². The number of rotatable bonds is 2. The fraction of sp³-hybridized carbons (Fsp3) is 0.688. The van der Waals surface area contributed by atoms with Gasteiger partial charge in [-0.15, -0.1) is 0 Å². The van der Waals surface area contributed by atoms with Crippen molar-refractivity contribution in [3.05, 3.63) is 12.7 Å². The summed E-state index contributed by atoms with van der Waals surface area (Å²) in [5, 5.41) is 21.3. The van der Waals surface area contributed by atoms with Crippen molar-refractivity contribution in [2.45, 2.75) is 63.1 Å². The molecule has 2 aromatic rings. The fourth-order valence-electron chi connectivity index (χ4n) is 4.30. The van der Waals surface area contributed by atoms with Gasteiger partial charge in [-0.3, -0.25) is 4.57 Å². The first-order valence-electron chi connectivity index (χ1n) is 8.53. The van der Waals surface area contributed by atoms with Gasteiger partial charge < -0.3 is 20.7 Å². The van der Waals surface area contributed by atoms with E-state index in [0.29, 0.717) is 17.0 Å². The third-order valence-corrected chi connectivity index (χ3v) is 5.53. The number of fused-ring (bicyclic) bond motifs is 1. The maximum Gasteiger partial charge on any atom is 0.179 e. The van der Waals surface area contributed by atoms with E-state index in [4.69, 9.17) is 10.5 Å². The highest BCUT2D eigenvalue weighted by molar-refractivity contribution is 5.81. The van der Waals surface area contributed by atoms with Crippen molar-refractivity contribution in [3.63, 3.8) is 0 Å². The number of hydrogen-bond donors (Lipinski definition) is 3. The highest BCUT2D eigenvalue weighted by Crippen LogP contribution is 2.48. The van der Waals surface area contributed by atoms with Gasteiger partial charge in [0.25, 0.3) is 0 Å². The highest BCUT2D eigenvalue weighted by atomic mass is 16.6. The summed E-state index contributed by atoms with van der Waals surface area (Å²) in [5.41, 5.74) is 5.83. The van der Waals surface area contributed by atoms with E-state index in [9.17, 15) is 10.2 Å². The number of aliphatic hydroxyl groups is 2. The standard InChI is InChI=1S/C16H23N5O3/c1-9-12(22)13(23)16(24-9,10-5-3-2-4-6-10)21-8-20-11-14(17)18-7-19-15(11)21/h7-10,12-13,22-23H,2-6H2,1H3,(H2,17,18,19)/t9-,12-,13-,16-/m1/s1. The maximum absolute atomic E-state index is 10.9. The third kappa shape index (κ3) is 2.06. The molecule has 8 nitrogen and oxygen atoms in total. The van der Waals surface area contributed by atoms with Crippen LogP contribution in [0.5, 0.6) is 0 Å². The number of nitrogens with two attached hydrogens (primary N) is 1. The molecule has 0 amide bonds. The first-order valence-corrected chi connectivity index (χ1v) is 8.53. The largest absolute Gasteiger partial charge is 0.388 e. The molecule has 1 saturated carbocycles. The maximum atomic E-state index is 10.9. The van der Waals surface area contributed by atoms with E-state index in [0.717, 1.165) is 25.7 Å². The molecule has 1 saturated heterocycles. The van der Waals surface area contributed by atoms with Gasteiger partial charge in [-0.25, -0.2) is 15.0 Å². The number of ether oxygens (including phenoxy) is 1. The van der Waals surface area contributed by atoms with Crippen molar-refractivity contribution in [2.75, 3.05) is 5.73 Å². The first-order chi connectivity index (χ1) is 11.6. The molecule has 24 heavy (non-hydrogen) atoms. The Morgan fingerprint density at radius 1 is 1.21 bits per heavy atom. The highest BCUT2D eigenvalue weighted by Gasteiger charge is 2.58. The van der Waals surface area contributed by atoms with Crippen LogP contribution in [0.15, 0.2) is 12.7 Å². The second-order valence-corrected chi connectivity index (χ2v) is 6.89. The fourth-order valence-corrected chi connectivity index (χ4v) is 4.30. The molecule has 4 atom stereocenters. The van der Waals surface area contributed by atoms with Gasteiger partial charge >= 0.3 is 0 Å². The summed E-state index contributed by atoms with van der Waals surface area (Å²) in [6, 6.07) is 0. The van der Waals surface area contributed by atoms with Crippen molar-refractivity contribution in [3.8, 4) is 0 Å². The van der Waals surface area contributed by atoms with Gasteiger partial charge in [0.2, 0.25) is 0 Å². The van der Waals surface area contributed by atoms with Crippen molar-refractivity contribution in [1.29, 1.82) is 0 Å². The Morgan fingerprint density at radius 3 is 2.62 bits per heavy atom. The number of anilines is 1. The summed E-state index contributed by atoms with van der Waals surface area (Å²) >= 11 is 0. The summed E-state index contributed by atoms with van der Waals surface area (Å²) in [7, 11) is 0. The van der Waals surface area contributed by atoms with Crippen molar-refractivity contribution >= 4 is 17.0 Å². The summed E-state index contributed by atoms with van der Waals surface area (Å²) in [5.74, 6) is 0.369. The van der Waals surface area contributed by atoms with Crippen LogP contribution >= 0.6 is 0 Å². The Balaban J connectivity index is 1.91. The topological polar surface area (TPSA) is 119 Å². The molecule has 1 aliphatic heterocycles. The van der Waals surface area contributed by atoms with Crippen LogP contribution in [0.2, 0.25) is 0 Å². The van der Waals surface area contributed by atoms with E-state index in [1.807, 2.05) is 0 Å². The Morgan fingerprint density at radius 2 is 1.96 bits per heavy atom. The quantitative estimate of drug-likeness (QED) is 0.743. The van der Waals surface area contributed by atoms with Crippen molar-refractivity contribution < 1.29 is 14.9 Å². The molecule has 4 N–H and O–H groups in total. The normalized spacial score (nSPS) is 34.9. The minimum Gasteiger partial charge on any atom is -0.388 e. The molecule has 2 fully saturated rings. The monoisotopic (exact) mass is 333 g/mol. The molecule has 0 spiro atoms. The minimum absolute atomic E-state index is 0.0782. The molecular formula is C16H23N5O3. The number of nitrogens with zero attached hydrogens (tertiary/aromatic N) is 4. The number of aliphatic hydroxyl groups excluding tert-OH is 2. The van der Waals surface area contributed by atoms with Crippen molar-refractivity contribution in [1.82, 2.24) is 19.5 Å². The van der Waals surface area contributed by atoms with Gasteiger partial charge in [0, 0.05) is 5.92 Å². The SMILES string of the molecule is C[C@H]1O[C@@](C2CCCCC2)(n2cnc3c(N)ncnc32)[C@H](O)[C@@H]1O. The van der Waals surface area contributed by atoms with Crippen LogP contribution in [0.3, 0.4) is 0 Å². The Hall–Kier alpha value is -1.77. The average molecular weight is 333 g/mol. The molecule has 2 aromatic heterocycles. The number of nitrogen functional groups attached to an aromatic ring is 1. The Bertz CT molecular complexity index is 744. The molecule has 130 valence electrons. The summed E-state index contributed by atoms with van der Waals surface area (Å²) in [4.78, 5) is 12.6. The van der Waals surface area contributed by atoms with Crippen LogP contribution < -0.4 is 5.73 Å². The molecule has 0 unspecified atom stereocenters. The zero-order valence-corrected chi connectivity index (χ0v) is 13.7. The number of imidazole rings is 1. The van der Waals surface area contributed by atoms with E-state index in [2.05, 4.69) is 15.0 Å². The van der Waals surface area contributed by atoms with Gasteiger partial charge in [-0.2, -0.15) is 0 Å². The van der Waals surface area contributed by atoms with Crippen molar-refractivity contribution in [2.24, 2.45) is 5.92 Å². The molecule has 2 aliphatic rings. The molecular weight excluding hydrogens is 310 g/mol. The predicted octanol–water partition coefficient (Wildman–Crippen LogP) is 0.782. The molecule has 4 rings (SSSR count). The lowest BCUT2D eigenvalue weighted by atomic mass is 9.78. The summed E-state index contributed by atoms with van der Waals surface area (Å²) in [6.07, 6.45) is 5.69. The van der Waals surface area contributed by atoms with E-state index >= 15 is 0 Å². The molecule has 0 bridgehead atoms. The van der Waals surface area contributed by atoms with E-state index in [-0.39, 0.29) is 5.92 Å². The first kappa shape index (κ1) is 15.7. The smallest absolute Gasteiger partial charge is 0.179 e. The minimum atomic E-state index is -1.07. The van der Waals surface area contributed by atoms with Crippen LogP contribution in [-0.2, 0) is 10.5 Å². The summed E-state index contributed by atoms with van der Waals surface area (Å²) < 4.78 is 7.98. The van der Waals surface area contributed by atoms with Gasteiger partial charge in [-0.1, -0.05) is 19.3 Å². The summed E-state index contributed by atoms with van der Waals surface area (Å²) in [6.45, 7) is 1.78. The lowest BCUT2D eigenvalue weighted by molar-refractivity contribution is -0.181. The van der Waals surface area contributed by atoms with Gasteiger partial charge in [-0.05, 0) is 19.8 Å². The van der Waals surface area contributed by atoms with E-state index in [1.165, 1.54) is 12.7 Å². The average Bonchev–Trinajstić information content (AvgIpc) is 3.13. The number of hydrogen-bond acceptors (Lipinski definition) is 7. The zero-order chi connectivity index (χ0) is 16.9. The van der Waals surface area contributed by atoms with Crippen LogP contribution in [0.1, 0.15) is 39.0 Å². The third-order valence-electron chi connectivity index (χ3n) is 5.53. The molecule has 0 aromatic carbocycles. The van der Waals surface area contributed by atoms with Crippen LogP contribution in [-0.4, -0.2) is 48.0 Å². The Labute approximate surface area is 139 Å². The van der Waals surface area contributed by atoms with Gasteiger partial charge in [0.05, 0.1) is 12.4 Å². The van der Waals surface area contributed by atoms with Crippen LogP contribution in [0.25, 0.3) is 11.2 Å². The van der Waals surface area contributed by atoms with Crippen LogP contribution in [0.4, 0.5) is 5.82 Å². The molecule has 8 heteroatoms. The lowest BCUT2D eigenvalue weighted by Crippen LogP contribution is -2.51. The van der Waals surface area contributed by atoms with Crippen LogP contribution in [0, 0.1) is 5.92 Å².